The number of ether oxygens (including phenoxy) is 2. The average molecular weight is 166 g/mol. The quantitative estimate of drug-likeness (QED) is 0.659. The predicted octanol–water partition coefficient (Wildman–Crippen LogP) is 1.06. The van der Waals surface area contributed by atoms with E-state index in [1.54, 1.807) is 24.3 Å². The largest absolute Gasteiger partial charge is 0.493 e. The second-order valence-electron chi connectivity index (χ2n) is 2.18. The van der Waals surface area contributed by atoms with Crippen LogP contribution >= 0.6 is 0 Å². The van der Waals surface area contributed by atoms with Crippen LogP contribution in [0.15, 0.2) is 29.1 Å². The van der Waals surface area contributed by atoms with Crippen molar-refractivity contribution in [2.45, 2.75) is 0 Å². The highest BCUT2D eigenvalue weighted by atomic mass is 16.5. The van der Waals surface area contributed by atoms with Gasteiger partial charge in [0.05, 0.1) is 14.2 Å². The van der Waals surface area contributed by atoms with Crippen LogP contribution in [0.4, 0.5) is 0 Å². The lowest BCUT2D eigenvalue weighted by atomic mass is 10.4. The molecule has 0 aromatic heterocycles. The number of hydrogen-bond donors (Lipinski definition) is 0. The SMILES string of the molecule is COc1ccccc(OC)c1=O. The summed E-state index contributed by atoms with van der Waals surface area (Å²) in [6.07, 6.45) is 0. The van der Waals surface area contributed by atoms with Gasteiger partial charge in [-0.2, -0.15) is 0 Å². The zero-order valence-corrected chi connectivity index (χ0v) is 7.03. The Hall–Kier alpha value is -1.51. The molecule has 0 aliphatic carbocycles. The molecule has 0 aliphatic heterocycles. The molecule has 1 rings (SSSR count). The summed E-state index contributed by atoms with van der Waals surface area (Å²) >= 11 is 0. The summed E-state index contributed by atoms with van der Waals surface area (Å²) < 4.78 is 9.71. The topological polar surface area (TPSA) is 35.5 Å². The molecule has 12 heavy (non-hydrogen) atoms. The molecule has 0 spiro atoms. The van der Waals surface area contributed by atoms with E-state index in [-0.39, 0.29) is 16.9 Å². The van der Waals surface area contributed by atoms with E-state index in [0.717, 1.165) is 0 Å². The van der Waals surface area contributed by atoms with Crippen LogP contribution in [0.2, 0.25) is 0 Å². The normalized spacial score (nSPS) is 9.17. The fourth-order valence-electron chi connectivity index (χ4n) is 0.880. The summed E-state index contributed by atoms with van der Waals surface area (Å²) in [4.78, 5) is 11.4. The molecule has 1 aromatic rings. The Morgan fingerprint density at radius 1 is 1.00 bits per heavy atom. The van der Waals surface area contributed by atoms with Gasteiger partial charge in [-0.15, -0.1) is 0 Å². The maximum atomic E-state index is 11.4. The van der Waals surface area contributed by atoms with Gasteiger partial charge in [-0.1, -0.05) is 12.1 Å². The first kappa shape index (κ1) is 8.59. The maximum Gasteiger partial charge on any atom is 0.261 e. The van der Waals surface area contributed by atoms with Gasteiger partial charge in [0.2, 0.25) is 0 Å². The molecule has 0 atom stereocenters. The van der Waals surface area contributed by atoms with Gasteiger partial charge in [-0.25, -0.2) is 0 Å². The van der Waals surface area contributed by atoms with Crippen LogP contribution in [-0.2, 0) is 0 Å². The van der Waals surface area contributed by atoms with Crippen LogP contribution in [0.5, 0.6) is 11.5 Å². The van der Waals surface area contributed by atoms with Crippen LogP contribution in [0.1, 0.15) is 0 Å². The van der Waals surface area contributed by atoms with Gasteiger partial charge >= 0.3 is 0 Å². The second kappa shape index (κ2) is 3.76. The summed E-state index contributed by atoms with van der Waals surface area (Å²) in [5, 5.41) is 0. The highest BCUT2D eigenvalue weighted by Gasteiger charge is 2.01. The minimum atomic E-state index is -0.231. The third kappa shape index (κ3) is 1.56. The van der Waals surface area contributed by atoms with Crippen molar-refractivity contribution in [3.8, 4) is 11.5 Å². The van der Waals surface area contributed by atoms with Gasteiger partial charge in [0.1, 0.15) is 0 Å². The Morgan fingerprint density at radius 3 is 1.75 bits per heavy atom. The lowest BCUT2D eigenvalue weighted by Crippen LogP contribution is -2.04. The zero-order chi connectivity index (χ0) is 8.97. The van der Waals surface area contributed by atoms with Crippen LogP contribution in [0.3, 0.4) is 0 Å². The summed E-state index contributed by atoms with van der Waals surface area (Å²) in [6, 6.07) is 6.65. The van der Waals surface area contributed by atoms with E-state index >= 15 is 0 Å². The molecule has 0 saturated heterocycles. The molecule has 1 aromatic carbocycles. The molecule has 0 fully saturated rings. The first-order valence-electron chi connectivity index (χ1n) is 3.51. The van der Waals surface area contributed by atoms with Crippen molar-refractivity contribution >= 4 is 0 Å². The molecular formula is C9H10O3. The van der Waals surface area contributed by atoms with E-state index in [2.05, 4.69) is 0 Å². The molecule has 0 N–H and O–H groups in total. The van der Waals surface area contributed by atoms with E-state index < -0.39 is 0 Å². The predicted molar refractivity (Wildman–Crippen MR) is 45.8 cm³/mol. The third-order valence-electron chi connectivity index (χ3n) is 1.49. The lowest BCUT2D eigenvalue weighted by Gasteiger charge is -1.95. The van der Waals surface area contributed by atoms with Crippen LogP contribution in [0, 0.1) is 0 Å². The number of rotatable bonds is 2. The van der Waals surface area contributed by atoms with Crippen molar-refractivity contribution in [2.75, 3.05) is 14.2 Å². The number of hydrogen-bond acceptors (Lipinski definition) is 3. The van der Waals surface area contributed by atoms with Crippen molar-refractivity contribution in [1.82, 2.24) is 0 Å². The molecule has 0 unspecified atom stereocenters. The van der Waals surface area contributed by atoms with Crippen molar-refractivity contribution in [1.29, 1.82) is 0 Å². The first-order chi connectivity index (χ1) is 5.79. The van der Waals surface area contributed by atoms with Crippen LogP contribution < -0.4 is 14.9 Å². The smallest absolute Gasteiger partial charge is 0.261 e. The molecule has 0 radical (unpaired) electrons. The Balaban J connectivity index is 3.37. The average Bonchev–Trinajstić information content (AvgIpc) is 2.27. The molecule has 3 nitrogen and oxygen atoms in total. The molecule has 0 amide bonds. The van der Waals surface area contributed by atoms with Gasteiger partial charge in [0, 0.05) is 0 Å². The summed E-state index contributed by atoms with van der Waals surface area (Å²) in [7, 11) is 2.91. The molecular weight excluding hydrogens is 156 g/mol. The Labute approximate surface area is 70.6 Å². The summed E-state index contributed by atoms with van der Waals surface area (Å²) in [5.74, 6) is 0.578. The summed E-state index contributed by atoms with van der Waals surface area (Å²) in [6.45, 7) is 0. The van der Waals surface area contributed by atoms with Gasteiger partial charge in [0.15, 0.2) is 11.5 Å². The van der Waals surface area contributed by atoms with E-state index in [4.69, 9.17) is 9.47 Å². The minimum Gasteiger partial charge on any atom is -0.493 e. The minimum absolute atomic E-state index is 0.231. The molecule has 64 valence electrons. The van der Waals surface area contributed by atoms with E-state index in [0.29, 0.717) is 0 Å². The van der Waals surface area contributed by atoms with Crippen molar-refractivity contribution in [3.05, 3.63) is 34.5 Å². The fraction of sp³-hybridized carbons (Fsp3) is 0.222. The molecule has 0 bridgehead atoms. The van der Waals surface area contributed by atoms with Crippen LogP contribution in [0.25, 0.3) is 0 Å². The highest BCUT2D eigenvalue weighted by molar-refractivity contribution is 5.31. The standard InChI is InChI=1S/C9H10O3/c1-11-7-5-3-4-6-8(12-2)9(7)10/h3-6H,1-2H3. The van der Waals surface area contributed by atoms with Crippen molar-refractivity contribution in [2.24, 2.45) is 0 Å². The second-order valence-corrected chi connectivity index (χ2v) is 2.18. The lowest BCUT2D eigenvalue weighted by molar-refractivity contribution is 0.390. The number of methoxy groups -OCH3 is 2. The Bertz CT molecular complexity index is 290. The van der Waals surface area contributed by atoms with Gasteiger partial charge in [0.25, 0.3) is 5.43 Å². The van der Waals surface area contributed by atoms with Crippen LogP contribution in [-0.4, -0.2) is 14.2 Å². The zero-order valence-electron chi connectivity index (χ0n) is 7.03. The highest BCUT2D eigenvalue weighted by Crippen LogP contribution is 2.07. The van der Waals surface area contributed by atoms with E-state index in [1.165, 1.54) is 14.2 Å². The van der Waals surface area contributed by atoms with E-state index in [9.17, 15) is 4.79 Å². The fourth-order valence-corrected chi connectivity index (χ4v) is 0.880. The monoisotopic (exact) mass is 166 g/mol. The molecule has 0 heterocycles. The first-order valence-corrected chi connectivity index (χ1v) is 3.51. The molecule has 0 saturated carbocycles. The van der Waals surface area contributed by atoms with Crippen molar-refractivity contribution < 1.29 is 9.47 Å². The third-order valence-corrected chi connectivity index (χ3v) is 1.49. The van der Waals surface area contributed by atoms with Gasteiger partial charge in [-0.05, 0) is 12.1 Å². The van der Waals surface area contributed by atoms with Crippen molar-refractivity contribution in [3.63, 3.8) is 0 Å². The maximum absolute atomic E-state index is 11.4. The molecule has 3 heteroatoms. The Morgan fingerprint density at radius 2 is 1.42 bits per heavy atom. The van der Waals surface area contributed by atoms with Gasteiger partial charge in [-0.3, -0.25) is 4.79 Å². The van der Waals surface area contributed by atoms with Gasteiger partial charge < -0.3 is 9.47 Å². The van der Waals surface area contributed by atoms with E-state index in [1.807, 2.05) is 0 Å². The Kier molecular flexibility index (Phi) is 2.69. The molecule has 0 aliphatic rings. The summed E-state index contributed by atoms with van der Waals surface area (Å²) in [5.41, 5.74) is -0.231.